The van der Waals surface area contributed by atoms with E-state index >= 15 is 0 Å². The molecule has 1 aliphatic heterocycles. The molecule has 5 heteroatoms. The number of anilines is 1. The molecule has 3 nitrogen and oxygen atoms in total. The Kier molecular flexibility index (Phi) is 4.13. The largest absolute Gasteiger partial charge is 0.353 e. The van der Waals surface area contributed by atoms with Gasteiger partial charge >= 0.3 is 0 Å². The topological polar surface area (TPSA) is 29.0 Å². The van der Waals surface area contributed by atoms with E-state index in [4.69, 9.17) is 11.6 Å². The number of rotatable bonds is 3. The summed E-state index contributed by atoms with van der Waals surface area (Å²) >= 11 is 7.75. The number of aryl methyl sites for hydroxylation is 2. The van der Waals surface area contributed by atoms with Crippen molar-refractivity contribution < 1.29 is 0 Å². The van der Waals surface area contributed by atoms with E-state index in [9.17, 15) is 0 Å². The van der Waals surface area contributed by atoms with Crippen LogP contribution in [0.15, 0.2) is 6.33 Å². The molecular formula is C15H20ClN3S. The van der Waals surface area contributed by atoms with E-state index in [1.807, 2.05) is 0 Å². The molecule has 3 heterocycles. The Bertz CT molecular complexity index is 608. The van der Waals surface area contributed by atoms with Crippen molar-refractivity contribution in [2.75, 3.05) is 17.3 Å². The molecule has 2 aromatic rings. The first-order chi connectivity index (χ1) is 9.72. The van der Waals surface area contributed by atoms with Crippen LogP contribution in [-0.2, 0) is 0 Å². The quantitative estimate of drug-likeness (QED) is 0.792. The van der Waals surface area contributed by atoms with Crippen LogP contribution < -0.4 is 4.90 Å². The minimum Gasteiger partial charge on any atom is -0.353 e. The van der Waals surface area contributed by atoms with Crippen LogP contribution in [0, 0.1) is 13.8 Å². The van der Waals surface area contributed by atoms with Crippen molar-refractivity contribution in [2.24, 2.45) is 0 Å². The van der Waals surface area contributed by atoms with Crippen molar-refractivity contribution >= 4 is 39.0 Å². The summed E-state index contributed by atoms with van der Waals surface area (Å²) in [5, 5.41) is 1.25. The molecule has 0 N–H and O–H groups in total. The normalized spacial score (nSPS) is 19.8. The van der Waals surface area contributed by atoms with E-state index in [2.05, 4.69) is 28.7 Å². The predicted octanol–water partition coefficient (Wildman–Crippen LogP) is 4.30. The van der Waals surface area contributed by atoms with E-state index in [1.165, 1.54) is 35.1 Å². The lowest BCUT2D eigenvalue weighted by atomic mass is 9.99. The molecule has 0 radical (unpaired) electrons. The molecular weight excluding hydrogens is 290 g/mol. The monoisotopic (exact) mass is 309 g/mol. The second kappa shape index (κ2) is 5.86. The second-order valence-electron chi connectivity index (χ2n) is 5.48. The third kappa shape index (κ3) is 2.40. The number of hydrogen-bond donors (Lipinski definition) is 0. The average Bonchev–Trinajstić information content (AvgIpc) is 2.75. The minimum atomic E-state index is 0.527. The molecule has 0 aromatic carbocycles. The minimum absolute atomic E-state index is 0.527. The summed E-state index contributed by atoms with van der Waals surface area (Å²) in [6.45, 7) is 5.43. The van der Waals surface area contributed by atoms with Crippen molar-refractivity contribution in [1.82, 2.24) is 9.97 Å². The van der Waals surface area contributed by atoms with Crippen LogP contribution in [-0.4, -0.2) is 28.4 Å². The Balaban J connectivity index is 2.08. The summed E-state index contributed by atoms with van der Waals surface area (Å²) in [4.78, 5) is 14.0. The Morgan fingerprint density at radius 2 is 2.20 bits per heavy atom. The van der Waals surface area contributed by atoms with Crippen molar-refractivity contribution in [3.63, 3.8) is 0 Å². The Morgan fingerprint density at radius 3 is 3.00 bits per heavy atom. The molecule has 1 saturated heterocycles. The smallest absolute Gasteiger partial charge is 0.141 e. The number of nitrogens with zero attached hydrogens (tertiary/aromatic N) is 3. The molecule has 0 amide bonds. The number of aromatic nitrogens is 2. The number of halogens is 1. The van der Waals surface area contributed by atoms with E-state index in [-0.39, 0.29) is 0 Å². The summed E-state index contributed by atoms with van der Waals surface area (Å²) < 4.78 is 0. The zero-order valence-electron chi connectivity index (χ0n) is 12.0. The Hall–Kier alpha value is -0.870. The SMILES string of the molecule is Cc1sc2ncnc(N3CCCCC3CCCl)c2c1C. The highest BCUT2D eigenvalue weighted by Gasteiger charge is 2.26. The molecule has 1 aliphatic rings. The van der Waals surface area contributed by atoms with E-state index < -0.39 is 0 Å². The molecule has 1 atom stereocenters. The highest BCUT2D eigenvalue weighted by atomic mass is 35.5. The zero-order chi connectivity index (χ0) is 14.1. The van der Waals surface area contributed by atoms with Gasteiger partial charge in [0.05, 0.1) is 5.39 Å². The van der Waals surface area contributed by atoms with Crippen LogP contribution in [0.25, 0.3) is 10.2 Å². The fourth-order valence-electron chi connectivity index (χ4n) is 3.09. The Labute approximate surface area is 129 Å². The standard InChI is InChI=1S/C15H20ClN3S/c1-10-11(2)20-15-13(10)14(17-9-18-15)19-8-4-3-5-12(19)6-7-16/h9,12H,3-8H2,1-2H3. The highest BCUT2D eigenvalue weighted by Crippen LogP contribution is 2.36. The van der Waals surface area contributed by atoms with Crippen LogP contribution in [0.3, 0.4) is 0 Å². The molecule has 3 rings (SSSR count). The van der Waals surface area contributed by atoms with Crippen molar-refractivity contribution in [3.05, 3.63) is 16.8 Å². The van der Waals surface area contributed by atoms with Gasteiger partial charge in [-0.3, -0.25) is 0 Å². The fourth-order valence-corrected chi connectivity index (χ4v) is 4.33. The number of alkyl halides is 1. The van der Waals surface area contributed by atoms with Gasteiger partial charge in [-0.05, 0) is 45.1 Å². The van der Waals surface area contributed by atoms with Crippen molar-refractivity contribution in [3.8, 4) is 0 Å². The first kappa shape index (κ1) is 14.1. The molecule has 0 aliphatic carbocycles. The fraction of sp³-hybridized carbons (Fsp3) is 0.600. The molecule has 0 saturated carbocycles. The van der Waals surface area contributed by atoms with Gasteiger partial charge in [0.15, 0.2) is 0 Å². The van der Waals surface area contributed by atoms with Gasteiger partial charge < -0.3 is 4.90 Å². The molecule has 108 valence electrons. The molecule has 20 heavy (non-hydrogen) atoms. The lowest BCUT2D eigenvalue weighted by Gasteiger charge is -2.36. The van der Waals surface area contributed by atoms with Crippen molar-refractivity contribution in [2.45, 2.75) is 45.6 Å². The molecule has 0 bridgehead atoms. The van der Waals surface area contributed by atoms with Gasteiger partial charge in [-0.2, -0.15) is 0 Å². The van der Waals surface area contributed by atoms with Gasteiger partial charge in [0.25, 0.3) is 0 Å². The van der Waals surface area contributed by atoms with E-state index in [0.717, 1.165) is 29.5 Å². The average molecular weight is 310 g/mol. The predicted molar refractivity (Wildman–Crippen MR) is 87.2 cm³/mol. The molecule has 0 spiro atoms. The molecule has 2 aromatic heterocycles. The maximum absolute atomic E-state index is 5.98. The first-order valence-electron chi connectivity index (χ1n) is 7.25. The lowest BCUT2D eigenvalue weighted by Crippen LogP contribution is -2.40. The van der Waals surface area contributed by atoms with Crippen LogP contribution in [0.2, 0.25) is 0 Å². The van der Waals surface area contributed by atoms with E-state index in [1.54, 1.807) is 17.7 Å². The summed E-state index contributed by atoms with van der Waals surface area (Å²) in [5.74, 6) is 1.84. The van der Waals surface area contributed by atoms with Gasteiger partial charge in [-0.25, -0.2) is 9.97 Å². The van der Waals surface area contributed by atoms with Gasteiger partial charge in [-0.15, -0.1) is 22.9 Å². The summed E-state index contributed by atoms with van der Waals surface area (Å²) in [6, 6.07) is 0.527. The van der Waals surface area contributed by atoms with Crippen LogP contribution in [0.5, 0.6) is 0 Å². The third-order valence-electron chi connectivity index (χ3n) is 4.29. The molecule has 1 unspecified atom stereocenters. The number of piperidine rings is 1. The van der Waals surface area contributed by atoms with Crippen LogP contribution in [0.4, 0.5) is 5.82 Å². The number of thiophene rings is 1. The number of hydrogen-bond acceptors (Lipinski definition) is 4. The van der Waals surface area contributed by atoms with Gasteiger partial charge in [-0.1, -0.05) is 0 Å². The second-order valence-corrected chi connectivity index (χ2v) is 7.06. The Morgan fingerprint density at radius 1 is 1.35 bits per heavy atom. The van der Waals surface area contributed by atoms with Gasteiger partial charge in [0.2, 0.25) is 0 Å². The summed E-state index contributed by atoms with van der Waals surface area (Å²) in [6.07, 6.45) is 6.51. The van der Waals surface area contributed by atoms with Gasteiger partial charge in [0, 0.05) is 23.3 Å². The number of fused-ring (bicyclic) bond motifs is 1. The van der Waals surface area contributed by atoms with Crippen molar-refractivity contribution in [1.29, 1.82) is 0 Å². The van der Waals surface area contributed by atoms with E-state index in [0.29, 0.717) is 6.04 Å². The maximum Gasteiger partial charge on any atom is 0.141 e. The van der Waals surface area contributed by atoms with Crippen LogP contribution >= 0.6 is 22.9 Å². The molecule has 1 fully saturated rings. The lowest BCUT2D eigenvalue weighted by molar-refractivity contribution is 0.449. The summed E-state index contributed by atoms with van der Waals surface area (Å²) in [5.41, 5.74) is 1.33. The highest BCUT2D eigenvalue weighted by molar-refractivity contribution is 7.18. The third-order valence-corrected chi connectivity index (χ3v) is 5.62. The van der Waals surface area contributed by atoms with Crippen LogP contribution in [0.1, 0.15) is 36.1 Å². The maximum atomic E-state index is 5.98. The van der Waals surface area contributed by atoms with Gasteiger partial charge in [0.1, 0.15) is 17.0 Å². The zero-order valence-corrected chi connectivity index (χ0v) is 13.6. The first-order valence-corrected chi connectivity index (χ1v) is 8.60. The summed E-state index contributed by atoms with van der Waals surface area (Å²) in [7, 11) is 0.